The van der Waals surface area contributed by atoms with Crippen LogP contribution in [0.4, 0.5) is 18.9 Å². The van der Waals surface area contributed by atoms with Crippen LogP contribution in [0.3, 0.4) is 0 Å². The van der Waals surface area contributed by atoms with Crippen LogP contribution in [0.25, 0.3) is 0 Å². The van der Waals surface area contributed by atoms with E-state index in [9.17, 15) is 17.4 Å². The van der Waals surface area contributed by atoms with Gasteiger partial charge in [0.1, 0.15) is 0 Å². The van der Waals surface area contributed by atoms with E-state index >= 15 is 0 Å². The fourth-order valence-electron chi connectivity index (χ4n) is 1.85. The molecule has 0 amide bonds. The summed E-state index contributed by atoms with van der Waals surface area (Å²) in [5.74, 6) is 0.218. The van der Waals surface area contributed by atoms with Crippen molar-refractivity contribution in [1.82, 2.24) is 0 Å². The Morgan fingerprint density at radius 1 is 1.10 bits per heavy atom. The summed E-state index contributed by atoms with van der Waals surface area (Å²) in [6.45, 7) is 1.94. The molecule has 2 aromatic carbocycles. The molecule has 0 spiro atoms. The molecule has 21 heavy (non-hydrogen) atoms. The van der Waals surface area contributed by atoms with Gasteiger partial charge in [-0.25, -0.2) is 0 Å². The van der Waals surface area contributed by atoms with E-state index in [1.165, 1.54) is 6.07 Å². The Balaban J connectivity index is 2.22. The highest BCUT2D eigenvalue weighted by atomic mass is 32.2. The first kappa shape index (κ1) is 15.6. The van der Waals surface area contributed by atoms with Crippen LogP contribution in [-0.4, -0.2) is 4.21 Å². The van der Waals surface area contributed by atoms with Crippen molar-refractivity contribution in [1.29, 1.82) is 0 Å². The van der Waals surface area contributed by atoms with E-state index in [0.29, 0.717) is 0 Å². The van der Waals surface area contributed by atoms with Crippen molar-refractivity contribution in [3.8, 4) is 0 Å². The molecular formula is C15H14F3NOS. The van der Waals surface area contributed by atoms with Gasteiger partial charge in [0, 0.05) is 5.69 Å². The maximum Gasteiger partial charge on any atom is 0.416 e. The normalized spacial score (nSPS) is 13.1. The van der Waals surface area contributed by atoms with Crippen LogP contribution in [0.5, 0.6) is 0 Å². The monoisotopic (exact) mass is 313 g/mol. The molecule has 0 saturated heterocycles. The second-order valence-electron chi connectivity index (χ2n) is 4.73. The zero-order chi connectivity index (χ0) is 15.6. The number of benzene rings is 2. The molecule has 1 atom stereocenters. The first-order chi connectivity index (χ1) is 9.77. The molecule has 0 aliphatic rings. The van der Waals surface area contributed by atoms with Crippen molar-refractivity contribution in [3.05, 3.63) is 59.2 Å². The maximum atomic E-state index is 12.6. The number of rotatable bonds is 3. The Morgan fingerprint density at radius 2 is 1.71 bits per heavy atom. The number of nitrogen functional groups attached to an aromatic ring is 1. The molecule has 2 aromatic rings. The summed E-state index contributed by atoms with van der Waals surface area (Å²) in [5.41, 5.74) is 6.59. The minimum atomic E-state index is -4.45. The Morgan fingerprint density at radius 3 is 2.24 bits per heavy atom. The lowest BCUT2D eigenvalue weighted by atomic mass is 10.2. The molecule has 0 heterocycles. The summed E-state index contributed by atoms with van der Waals surface area (Å²) in [7, 11) is -1.48. The minimum absolute atomic E-state index is 0.102. The van der Waals surface area contributed by atoms with Crippen LogP contribution in [0.15, 0.2) is 47.4 Å². The molecule has 0 bridgehead atoms. The number of nitrogens with two attached hydrogens (primary N) is 1. The van der Waals surface area contributed by atoms with Gasteiger partial charge in [-0.3, -0.25) is 4.21 Å². The van der Waals surface area contributed by atoms with E-state index in [1.807, 2.05) is 31.2 Å². The summed E-state index contributed by atoms with van der Waals surface area (Å²) in [5, 5.41) is 0. The van der Waals surface area contributed by atoms with Crippen LogP contribution in [0.1, 0.15) is 16.7 Å². The SMILES string of the molecule is Cc1ccc(CS(=O)c2ccc(C(F)(F)F)cc2N)cc1. The second kappa shape index (κ2) is 5.89. The molecule has 0 aliphatic heterocycles. The highest BCUT2D eigenvalue weighted by molar-refractivity contribution is 7.84. The standard InChI is InChI=1S/C15H14F3NOS/c1-10-2-4-11(5-3-10)9-21(20)14-7-6-12(8-13(14)19)15(16,17)18/h2-8H,9,19H2,1H3. The molecule has 112 valence electrons. The Labute approximate surface area is 123 Å². The zero-order valence-electron chi connectivity index (χ0n) is 11.3. The lowest BCUT2D eigenvalue weighted by Crippen LogP contribution is -2.08. The van der Waals surface area contributed by atoms with Gasteiger partial charge in [-0.15, -0.1) is 0 Å². The van der Waals surface area contributed by atoms with E-state index in [1.54, 1.807) is 0 Å². The summed E-state index contributed by atoms with van der Waals surface area (Å²) >= 11 is 0. The molecule has 0 radical (unpaired) electrons. The fraction of sp³-hybridized carbons (Fsp3) is 0.200. The van der Waals surface area contributed by atoms with E-state index < -0.39 is 22.5 Å². The molecule has 2 N–H and O–H groups in total. The van der Waals surface area contributed by atoms with Crippen LogP contribution in [-0.2, 0) is 22.7 Å². The summed E-state index contributed by atoms with van der Waals surface area (Å²) < 4.78 is 49.9. The van der Waals surface area contributed by atoms with E-state index in [0.717, 1.165) is 23.3 Å². The van der Waals surface area contributed by atoms with Crippen LogP contribution < -0.4 is 5.73 Å². The van der Waals surface area contributed by atoms with E-state index in [4.69, 9.17) is 5.73 Å². The molecule has 2 rings (SSSR count). The number of hydrogen-bond donors (Lipinski definition) is 1. The van der Waals surface area contributed by atoms with E-state index in [-0.39, 0.29) is 16.3 Å². The van der Waals surface area contributed by atoms with Gasteiger partial charge >= 0.3 is 6.18 Å². The lowest BCUT2D eigenvalue weighted by molar-refractivity contribution is -0.137. The summed E-state index contributed by atoms with van der Waals surface area (Å²) in [6.07, 6.45) is -4.45. The number of halogens is 3. The summed E-state index contributed by atoms with van der Waals surface area (Å²) in [6, 6.07) is 10.4. The summed E-state index contributed by atoms with van der Waals surface area (Å²) in [4.78, 5) is 0.226. The molecule has 0 fully saturated rings. The lowest BCUT2D eigenvalue weighted by Gasteiger charge is -2.11. The third kappa shape index (κ3) is 3.85. The van der Waals surface area contributed by atoms with Crippen molar-refractivity contribution in [2.75, 3.05) is 5.73 Å². The van der Waals surface area contributed by atoms with Crippen molar-refractivity contribution in [2.24, 2.45) is 0 Å². The molecule has 1 unspecified atom stereocenters. The van der Waals surface area contributed by atoms with Gasteiger partial charge in [-0.05, 0) is 30.7 Å². The molecule has 6 heteroatoms. The van der Waals surface area contributed by atoms with Gasteiger partial charge in [-0.1, -0.05) is 29.8 Å². The topological polar surface area (TPSA) is 43.1 Å². The van der Waals surface area contributed by atoms with Gasteiger partial charge in [0.25, 0.3) is 0 Å². The van der Waals surface area contributed by atoms with Crippen molar-refractivity contribution < 1.29 is 17.4 Å². The number of anilines is 1. The van der Waals surface area contributed by atoms with Crippen LogP contribution in [0, 0.1) is 6.92 Å². The predicted octanol–water partition coefficient (Wildman–Crippen LogP) is 3.90. The van der Waals surface area contributed by atoms with Gasteiger partial charge in [-0.2, -0.15) is 13.2 Å². The van der Waals surface area contributed by atoms with Gasteiger partial charge in [0.15, 0.2) is 0 Å². The average Bonchev–Trinajstić information content (AvgIpc) is 2.40. The third-order valence-electron chi connectivity index (χ3n) is 3.00. The Hall–Kier alpha value is -1.82. The largest absolute Gasteiger partial charge is 0.416 e. The zero-order valence-corrected chi connectivity index (χ0v) is 12.1. The molecular weight excluding hydrogens is 299 g/mol. The molecule has 0 saturated carbocycles. The minimum Gasteiger partial charge on any atom is -0.398 e. The van der Waals surface area contributed by atoms with Crippen LogP contribution in [0.2, 0.25) is 0 Å². The molecule has 0 aliphatic carbocycles. The predicted molar refractivity (Wildman–Crippen MR) is 77.1 cm³/mol. The van der Waals surface area contributed by atoms with Gasteiger partial charge in [0.2, 0.25) is 0 Å². The Bertz CT molecular complexity index is 666. The van der Waals surface area contributed by atoms with Crippen molar-refractivity contribution >= 4 is 16.5 Å². The quantitative estimate of drug-likeness (QED) is 0.873. The number of aryl methyl sites for hydroxylation is 1. The highest BCUT2D eigenvalue weighted by Crippen LogP contribution is 2.32. The van der Waals surface area contributed by atoms with Crippen molar-refractivity contribution in [2.45, 2.75) is 23.7 Å². The maximum absolute atomic E-state index is 12.6. The third-order valence-corrected chi connectivity index (χ3v) is 4.46. The average molecular weight is 313 g/mol. The number of hydrogen-bond acceptors (Lipinski definition) is 2. The molecule has 0 aromatic heterocycles. The van der Waals surface area contributed by atoms with Crippen LogP contribution >= 0.6 is 0 Å². The van der Waals surface area contributed by atoms with Gasteiger partial charge < -0.3 is 5.73 Å². The Kier molecular flexibility index (Phi) is 4.37. The first-order valence-electron chi connectivity index (χ1n) is 6.18. The van der Waals surface area contributed by atoms with E-state index in [2.05, 4.69) is 0 Å². The highest BCUT2D eigenvalue weighted by Gasteiger charge is 2.31. The van der Waals surface area contributed by atoms with Crippen molar-refractivity contribution in [3.63, 3.8) is 0 Å². The fourth-order valence-corrected chi connectivity index (χ4v) is 3.04. The molecule has 2 nitrogen and oxygen atoms in total. The second-order valence-corrected chi connectivity index (χ2v) is 6.15. The smallest absolute Gasteiger partial charge is 0.398 e. The van der Waals surface area contributed by atoms with Gasteiger partial charge in [0.05, 0.1) is 27.0 Å². The number of alkyl halides is 3. The first-order valence-corrected chi connectivity index (χ1v) is 7.50.